The lowest BCUT2D eigenvalue weighted by Crippen LogP contribution is -2.25. The summed E-state index contributed by atoms with van der Waals surface area (Å²) in [5.74, 6) is 0.258. The van der Waals surface area contributed by atoms with Crippen molar-refractivity contribution < 1.29 is 9.90 Å². The third kappa shape index (κ3) is 2.79. The predicted molar refractivity (Wildman–Crippen MR) is 93.4 cm³/mol. The number of carbonyl (C=O) groups is 1. The van der Waals surface area contributed by atoms with Gasteiger partial charge in [-0.15, -0.1) is 0 Å². The van der Waals surface area contributed by atoms with E-state index in [2.05, 4.69) is 34.0 Å². The Bertz CT molecular complexity index is 1020. The van der Waals surface area contributed by atoms with E-state index < -0.39 is 5.97 Å². The maximum atomic E-state index is 12.7. The molecule has 3 heterocycles. The molecule has 9 nitrogen and oxygen atoms in total. The summed E-state index contributed by atoms with van der Waals surface area (Å²) in [6.07, 6.45) is 7.27. The molecule has 2 N–H and O–H groups in total. The molecule has 0 amide bonds. The Kier molecular flexibility index (Phi) is 3.86. The van der Waals surface area contributed by atoms with Crippen molar-refractivity contribution in [1.82, 2.24) is 29.5 Å². The second kappa shape index (κ2) is 6.08. The minimum absolute atomic E-state index is 0.0219. The van der Waals surface area contributed by atoms with E-state index in [9.17, 15) is 9.59 Å². The van der Waals surface area contributed by atoms with Crippen LogP contribution in [-0.4, -0.2) is 40.6 Å². The molecule has 3 aromatic heterocycles. The normalized spacial score (nSPS) is 23.4. The Hall–Kier alpha value is -2.97. The van der Waals surface area contributed by atoms with Gasteiger partial charge >= 0.3 is 5.97 Å². The lowest BCUT2D eigenvalue weighted by atomic mass is 9.80. The summed E-state index contributed by atoms with van der Waals surface area (Å²) >= 11 is 0. The molecule has 1 fully saturated rings. The molecular formula is C17H20N6O3. The van der Waals surface area contributed by atoms with E-state index in [1.807, 2.05) is 0 Å². The first-order valence-electron chi connectivity index (χ1n) is 8.68. The number of nitrogens with one attached hydrogen (secondary N) is 1. The molecule has 0 bridgehead atoms. The van der Waals surface area contributed by atoms with E-state index in [-0.39, 0.29) is 23.1 Å². The van der Waals surface area contributed by atoms with Gasteiger partial charge in [-0.25, -0.2) is 14.5 Å². The molecule has 0 saturated heterocycles. The summed E-state index contributed by atoms with van der Waals surface area (Å²) < 4.78 is 3.04. The van der Waals surface area contributed by atoms with Crippen LogP contribution in [0.1, 0.15) is 49.5 Å². The van der Waals surface area contributed by atoms with Gasteiger partial charge in [0.2, 0.25) is 5.95 Å². The lowest BCUT2D eigenvalue weighted by molar-refractivity contribution is 0.0697. The van der Waals surface area contributed by atoms with E-state index in [0.717, 1.165) is 12.8 Å². The number of hydrogen-bond donors (Lipinski definition) is 2. The summed E-state index contributed by atoms with van der Waals surface area (Å²) in [6, 6.07) is 0.184. The molecule has 26 heavy (non-hydrogen) atoms. The van der Waals surface area contributed by atoms with Crippen LogP contribution in [0.2, 0.25) is 0 Å². The number of hydrogen-bond acceptors (Lipinski definition) is 5. The van der Waals surface area contributed by atoms with Crippen molar-refractivity contribution in [3.05, 3.63) is 34.5 Å². The van der Waals surface area contributed by atoms with Crippen LogP contribution in [0.4, 0.5) is 0 Å². The number of aromatic nitrogens is 6. The van der Waals surface area contributed by atoms with Crippen LogP contribution in [0.3, 0.4) is 0 Å². The van der Waals surface area contributed by atoms with Gasteiger partial charge in [0.05, 0.1) is 24.0 Å². The molecule has 1 saturated carbocycles. The standard InChI is InChI=1S/C17H20N6O3/c1-9-3-10(2)5-12(4-9)23-14-13(7-19-23)20-17(21-15(14)24)22-8-11(6-18-22)16(25)26/h6-10,12H,3-5H2,1-2H3,(H,25,26)(H,20,21,24). The quantitative estimate of drug-likeness (QED) is 0.741. The maximum Gasteiger partial charge on any atom is 0.338 e. The van der Waals surface area contributed by atoms with Gasteiger partial charge in [0.25, 0.3) is 5.56 Å². The molecule has 0 spiro atoms. The number of rotatable bonds is 3. The highest BCUT2D eigenvalue weighted by molar-refractivity contribution is 5.87. The number of aromatic amines is 1. The SMILES string of the molecule is CC1CC(C)CC(n2ncc3nc(-n4cc(C(=O)O)cn4)[nH]c(=O)c32)C1. The molecule has 1 aliphatic carbocycles. The van der Waals surface area contributed by atoms with E-state index in [0.29, 0.717) is 22.9 Å². The highest BCUT2D eigenvalue weighted by atomic mass is 16.4. The Morgan fingerprint density at radius 2 is 1.92 bits per heavy atom. The first-order valence-corrected chi connectivity index (χ1v) is 8.68. The largest absolute Gasteiger partial charge is 0.478 e. The molecule has 4 rings (SSSR count). The van der Waals surface area contributed by atoms with Crippen molar-refractivity contribution in [3.8, 4) is 5.95 Å². The summed E-state index contributed by atoms with van der Waals surface area (Å²) in [5.41, 5.74) is 0.641. The second-order valence-electron chi connectivity index (χ2n) is 7.26. The van der Waals surface area contributed by atoms with Gasteiger partial charge in [-0.3, -0.25) is 14.5 Å². The molecule has 2 unspecified atom stereocenters. The molecule has 136 valence electrons. The second-order valence-corrected chi connectivity index (χ2v) is 7.26. The monoisotopic (exact) mass is 356 g/mol. The van der Waals surface area contributed by atoms with Crippen molar-refractivity contribution in [2.45, 2.75) is 39.2 Å². The number of carboxylic acid groups (broad SMARTS) is 1. The van der Waals surface area contributed by atoms with Gasteiger partial charge in [-0.1, -0.05) is 13.8 Å². The number of H-pyrrole nitrogens is 1. The first-order chi connectivity index (χ1) is 12.4. The van der Waals surface area contributed by atoms with Crippen molar-refractivity contribution >= 4 is 17.0 Å². The smallest absolute Gasteiger partial charge is 0.338 e. The number of fused-ring (bicyclic) bond motifs is 1. The van der Waals surface area contributed by atoms with Gasteiger partial charge in [0, 0.05) is 6.20 Å². The van der Waals surface area contributed by atoms with E-state index in [1.165, 1.54) is 23.5 Å². The Morgan fingerprint density at radius 1 is 1.19 bits per heavy atom. The van der Waals surface area contributed by atoms with Crippen molar-refractivity contribution in [3.63, 3.8) is 0 Å². The lowest BCUT2D eigenvalue weighted by Gasteiger charge is -2.31. The van der Waals surface area contributed by atoms with E-state index in [4.69, 9.17) is 5.11 Å². The van der Waals surface area contributed by atoms with Crippen LogP contribution in [-0.2, 0) is 0 Å². The van der Waals surface area contributed by atoms with Gasteiger partial charge in [-0.2, -0.15) is 10.2 Å². The van der Waals surface area contributed by atoms with Crippen LogP contribution < -0.4 is 5.56 Å². The van der Waals surface area contributed by atoms with Crippen LogP contribution in [0, 0.1) is 11.8 Å². The van der Waals surface area contributed by atoms with Gasteiger partial charge in [0.15, 0.2) is 5.52 Å². The number of aromatic carboxylic acids is 1. The van der Waals surface area contributed by atoms with Crippen LogP contribution in [0.25, 0.3) is 17.0 Å². The van der Waals surface area contributed by atoms with Crippen LogP contribution in [0.5, 0.6) is 0 Å². The maximum absolute atomic E-state index is 12.7. The summed E-state index contributed by atoms with van der Waals surface area (Å²) in [7, 11) is 0. The minimum atomic E-state index is -1.09. The molecular weight excluding hydrogens is 336 g/mol. The van der Waals surface area contributed by atoms with Crippen molar-refractivity contribution in [2.24, 2.45) is 11.8 Å². The first kappa shape index (κ1) is 16.5. The zero-order chi connectivity index (χ0) is 18.4. The number of carboxylic acids is 1. The predicted octanol–water partition coefficient (Wildman–Crippen LogP) is 2.00. The Labute approximate surface area is 148 Å². The highest BCUT2D eigenvalue weighted by Gasteiger charge is 2.27. The molecule has 0 radical (unpaired) electrons. The zero-order valence-corrected chi connectivity index (χ0v) is 14.6. The van der Waals surface area contributed by atoms with Crippen LogP contribution >= 0.6 is 0 Å². The Morgan fingerprint density at radius 3 is 2.58 bits per heavy atom. The molecule has 2 atom stereocenters. The third-order valence-corrected chi connectivity index (χ3v) is 4.99. The fourth-order valence-electron chi connectivity index (χ4n) is 4.00. The summed E-state index contributed by atoms with van der Waals surface area (Å²) in [5, 5.41) is 17.4. The van der Waals surface area contributed by atoms with E-state index >= 15 is 0 Å². The fourth-order valence-corrected chi connectivity index (χ4v) is 4.00. The average Bonchev–Trinajstić information content (AvgIpc) is 3.21. The van der Waals surface area contributed by atoms with Gasteiger partial charge in [0.1, 0.15) is 5.52 Å². The summed E-state index contributed by atoms with van der Waals surface area (Å²) in [4.78, 5) is 30.8. The van der Waals surface area contributed by atoms with Crippen molar-refractivity contribution in [2.75, 3.05) is 0 Å². The molecule has 0 aliphatic heterocycles. The average molecular weight is 356 g/mol. The zero-order valence-electron chi connectivity index (χ0n) is 14.6. The van der Waals surface area contributed by atoms with Gasteiger partial charge in [-0.05, 0) is 31.1 Å². The minimum Gasteiger partial charge on any atom is -0.478 e. The molecule has 1 aliphatic rings. The number of nitrogens with zero attached hydrogens (tertiary/aromatic N) is 5. The molecule has 3 aromatic rings. The van der Waals surface area contributed by atoms with Gasteiger partial charge < -0.3 is 5.11 Å². The topological polar surface area (TPSA) is 119 Å². The summed E-state index contributed by atoms with van der Waals surface area (Å²) in [6.45, 7) is 4.46. The van der Waals surface area contributed by atoms with E-state index in [1.54, 1.807) is 10.9 Å². The van der Waals surface area contributed by atoms with Crippen LogP contribution in [0.15, 0.2) is 23.4 Å². The Balaban J connectivity index is 1.75. The van der Waals surface area contributed by atoms with Crippen molar-refractivity contribution in [1.29, 1.82) is 0 Å². The highest BCUT2D eigenvalue weighted by Crippen LogP contribution is 2.36. The molecule has 0 aromatic carbocycles. The molecule has 9 heteroatoms. The fraction of sp³-hybridized carbons (Fsp3) is 0.471. The third-order valence-electron chi connectivity index (χ3n) is 4.99.